The Morgan fingerprint density at radius 2 is 1.90 bits per heavy atom. The summed E-state index contributed by atoms with van der Waals surface area (Å²) in [6.07, 6.45) is 0.748. The third-order valence-corrected chi connectivity index (χ3v) is 3.41. The fraction of sp³-hybridized carbons (Fsp3) is 0.533. The van der Waals surface area contributed by atoms with Crippen LogP contribution in [-0.4, -0.2) is 32.0 Å². The summed E-state index contributed by atoms with van der Waals surface area (Å²) in [5.41, 5.74) is 0.544. The number of benzene rings is 1. The van der Waals surface area contributed by atoms with Crippen LogP contribution in [0.4, 0.5) is 0 Å². The van der Waals surface area contributed by atoms with Crippen molar-refractivity contribution in [1.29, 1.82) is 0 Å². The first-order valence-corrected chi connectivity index (χ1v) is 7.15. The molecule has 0 bridgehead atoms. The highest BCUT2D eigenvalue weighted by Gasteiger charge is 2.17. The van der Waals surface area contributed by atoms with Gasteiger partial charge in [-0.05, 0) is 30.5 Å². The Labute approximate surface area is 125 Å². The molecule has 20 heavy (non-hydrogen) atoms. The second-order valence-corrected chi connectivity index (χ2v) is 5.25. The predicted molar refractivity (Wildman–Crippen MR) is 81.0 cm³/mol. The average Bonchev–Trinajstić information content (AvgIpc) is 2.45. The first-order valence-electron chi connectivity index (χ1n) is 6.62. The van der Waals surface area contributed by atoms with Gasteiger partial charge in [-0.2, -0.15) is 0 Å². The van der Waals surface area contributed by atoms with Gasteiger partial charge in [-0.25, -0.2) is 0 Å². The third kappa shape index (κ3) is 4.30. The lowest BCUT2D eigenvalue weighted by molar-refractivity contribution is 0.0924. The zero-order chi connectivity index (χ0) is 15.1. The van der Waals surface area contributed by atoms with Gasteiger partial charge in [0.25, 0.3) is 5.91 Å². The van der Waals surface area contributed by atoms with Crippen LogP contribution in [0.15, 0.2) is 18.2 Å². The number of carbonyl (C=O) groups is 1. The zero-order valence-electron chi connectivity index (χ0n) is 12.4. The van der Waals surface area contributed by atoms with Crippen LogP contribution in [0.3, 0.4) is 0 Å². The van der Waals surface area contributed by atoms with Crippen molar-refractivity contribution in [2.24, 2.45) is 5.92 Å². The first-order chi connectivity index (χ1) is 9.53. The summed E-state index contributed by atoms with van der Waals surface area (Å²) in [4.78, 5) is 12.3. The summed E-state index contributed by atoms with van der Waals surface area (Å²) in [5.74, 6) is 1.87. The highest BCUT2D eigenvalue weighted by Crippen LogP contribution is 2.27. The Kier molecular flexibility index (Phi) is 6.65. The van der Waals surface area contributed by atoms with Crippen LogP contribution >= 0.6 is 11.6 Å². The van der Waals surface area contributed by atoms with E-state index in [-0.39, 0.29) is 11.9 Å². The number of alkyl halides is 1. The van der Waals surface area contributed by atoms with E-state index < -0.39 is 0 Å². The zero-order valence-corrected chi connectivity index (χ0v) is 13.2. The number of methoxy groups -OCH3 is 2. The van der Waals surface area contributed by atoms with E-state index >= 15 is 0 Å². The van der Waals surface area contributed by atoms with Crippen molar-refractivity contribution >= 4 is 17.5 Å². The van der Waals surface area contributed by atoms with E-state index in [1.54, 1.807) is 32.4 Å². The molecule has 1 unspecified atom stereocenters. The summed E-state index contributed by atoms with van der Waals surface area (Å²) >= 11 is 5.77. The highest BCUT2D eigenvalue weighted by molar-refractivity contribution is 6.17. The van der Waals surface area contributed by atoms with Crippen LogP contribution < -0.4 is 14.8 Å². The highest BCUT2D eigenvalue weighted by atomic mass is 35.5. The van der Waals surface area contributed by atoms with Crippen LogP contribution in [0, 0.1) is 5.92 Å². The molecule has 1 aromatic carbocycles. The van der Waals surface area contributed by atoms with E-state index in [1.165, 1.54) is 0 Å². The molecule has 0 saturated heterocycles. The minimum atomic E-state index is -0.130. The predicted octanol–water partition coefficient (Wildman–Crippen LogP) is 3.09. The Balaban J connectivity index is 2.86. The quantitative estimate of drug-likeness (QED) is 0.787. The average molecular weight is 300 g/mol. The summed E-state index contributed by atoms with van der Waals surface area (Å²) in [6.45, 7) is 4.12. The number of hydrogen-bond acceptors (Lipinski definition) is 3. The van der Waals surface area contributed by atoms with E-state index in [0.717, 1.165) is 6.42 Å². The smallest absolute Gasteiger partial charge is 0.251 e. The van der Waals surface area contributed by atoms with Crippen LogP contribution in [0.1, 0.15) is 30.6 Å². The first kappa shape index (κ1) is 16.6. The van der Waals surface area contributed by atoms with Gasteiger partial charge in [-0.3, -0.25) is 4.79 Å². The van der Waals surface area contributed by atoms with Crippen molar-refractivity contribution in [2.45, 2.75) is 26.3 Å². The second-order valence-electron chi connectivity index (χ2n) is 4.87. The van der Waals surface area contributed by atoms with Gasteiger partial charge in [0.05, 0.1) is 14.2 Å². The lowest BCUT2D eigenvalue weighted by Crippen LogP contribution is -2.38. The molecule has 1 rings (SSSR count). The van der Waals surface area contributed by atoms with Gasteiger partial charge in [0.15, 0.2) is 11.5 Å². The normalized spacial score (nSPS) is 12.1. The molecule has 0 spiro atoms. The van der Waals surface area contributed by atoms with Gasteiger partial charge in [-0.1, -0.05) is 13.8 Å². The molecule has 0 aliphatic carbocycles. The Morgan fingerprint density at radius 3 is 2.40 bits per heavy atom. The molecule has 4 nitrogen and oxygen atoms in total. The van der Waals surface area contributed by atoms with Crippen molar-refractivity contribution < 1.29 is 14.3 Å². The molecule has 1 amide bonds. The molecule has 0 radical (unpaired) electrons. The Bertz CT molecular complexity index is 449. The number of rotatable bonds is 7. The number of hydrogen-bond donors (Lipinski definition) is 1. The SMILES string of the molecule is COc1ccc(C(=O)NC(CCCl)C(C)C)cc1OC. The van der Waals surface area contributed by atoms with Crippen LogP contribution in [0.25, 0.3) is 0 Å². The van der Waals surface area contributed by atoms with Crippen molar-refractivity contribution in [3.63, 3.8) is 0 Å². The summed E-state index contributed by atoms with van der Waals surface area (Å²) in [6, 6.07) is 5.17. The molecule has 1 atom stereocenters. The molecule has 1 N–H and O–H groups in total. The molecule has 112 valence electrons. The standard InChI is InChI=1S/C15H22ClNO3/c1-10(2)12(7-8-16)17-15(18)11-5-6-13(19-3)14(9-11)20-4/h5-6,9-10,12H,7-8H2,1-4H3,(H,17,18). The number of carbonyl (C=O) groups excluding carboxylic acids is 1. The molecule has 0 fully saturated rings. The lowest BCUT2D eigenvalue weighted by atomic mass is 10.0. The van der Waals surface area contributed by atoms with Gasteiger partial charge in [0.2, 0.25) is 0 Å². The van der Waals surface area contributed by atoms with Gasteiger partial charge in [0.1, 0.15) is 0 Å². The number of halogens is 1. The van der Waals surface area contributed by atoms with Gasteiger partial charge >= 0.3 is 0 Å². The molecule has 0 aliphatic rings. The van der Waals surface area contributed by atoms with E-state index in [4.69, 9.17) is 21.1 Å². The fourth-order valence-corrected chi connectivity index (χ4v) is 2.15. The van der Waals surface area contributed by atoms with Gasteiger partial charge in [-0.15, -0.1) is 11.6 Å². The molecule has 0 aliphatic heterocycles. The van der Waals surface area contributed by atoms with Crippen LogP contribution in [0.2, 0.25) is 0 Å². The molecule has 0 aromatic heterocycles. The molecule has 0 saturated carbocycles. The Morgan fingerprint density at radius 1 is 1.25 bits per heavy atom. The van der Waals surface area contributed by atoms with Crippen LogP contribution in [0.5, 0.6) is 11.5 Å². The lowest BCUT2D eigenvalue weighted by Gasteiger charge is -2.21. The number of amides is 1. The maximum absolute atomic E-state index is 12.3. The van der Waals surface area contributed by atoms with E-state index in [1.807, 2.05) is 0 Å². The molecule has 0 heterocycles. The molecule has 5 heteroatoms. The van der Waals surface area contributed by atoms with Crippen LogP contribution in [-0.2, 0) is 0 Å². The second kappa shape index (κ2) is 8.00. The van der Waals surface area contributed by atoms with Crippen molar-refractivity contribution in [2.75, 3.05) is 20.1 Å². The summed E-state index contributed by atoms with van der Waals surface area (Å²) in [5, 5.41) is 3.00. The minimum absolute atomic E-state index is 0.0631. The molecule has 1 aromatic rings. The maximum Gasteiger partial charge on any atom is 0.251 e. The maximum atomic E-state index is 12.3. The van der Waals surface area contributed by atoms with Crippen molar-refractivity contribution in [3.05, 3.63) is 23.8 Å². The fourth-order valence-electron chi connectivity index (χ4n) is 1.92. The largest absolute Gasteiger partial charge is 0.493 e. The van der Waals surface area contributed by atoms with Crippen molar-refractivity contribution in [3.8, 4) is 11.5 Å². The van der Waals surface area contributed by atoms with E-state index in [0.29, 0.717) is 28.9 Å². The summed E-state index contributed by atoms with van der Waals surface area (Å²) < 4.78 is 10.4. The monoisotopic (exact) mass is 299 g/mol. The van der Waals surface area contributed by atoms with Gasteiger partial charge in [0, 0.05) is 17.5 Å². The number of ether oxygens (including phenoxy) is 2. The topological polar surface area (TPSA) is 47.6 Å². The van der Waals surface area contributed by atoms with Gasteiger partial charge < -0.3 is 14.8 Å². The summed E-state index contributed by atoms with van der Waals surface area (Å²) in [7, 11) is 3.11. The Hall–Kier alpha value is -1.42. The molecular formula is C15H22ClNO3. The van der Waals surface area contributed by atoms with Crippen molar-refractivity contribution in [1.82, 2.24) is 5.32 Å². The van der Waals surface area contributed by atoms with E-state index in [9.17, 15) is 4.79 Å². The third-order valence-electron chi connectivity index (χ3n) is 3.19. The minimum Gasteiger partial charge on any atom is -0.493 e. The molecular weight excluding hydrogens is 278 g/mol. The number of nitrogens with one attached hydrogen (secondary N) is 1. The van der Waals surface area contributed by atoms with E-state index in [2.05, 4.69) is 19.2 Å².